The summed E-state index contributed by atoms with van der Waals surface area (Å²) in [5.41, 5.74) is -0.261. The van der Waals surface area contributed by atoms with Crippen molar-refractivity contribution in [1.29, 1.82) is 0 Å². The second kappa shape index (κ2) is 5.10. The molecule has 0 spiro atoms. The van der Waals surface area contributed by atoms with Crippen LogP contribution >= 0.6 is 0 Å². The molecular formula is C12H18O3. The summed E-state index contributed by atoms with van der Waals surface area (Å²) >= 11 is 0. The SMILES string of the molecule is COC(=O)/C=C/CC1(C)CCCCC1=O. The molecule has 0 aromatic heterocycles. The van der Waals surface area contributed by atoms with E-state index in [1.807, 2.05) is 6.92 Å². The van der Waals surface area contributed by atoms with Crippen molar-refractivity contribution in [3.05, 3.63) is 12.2 Å². The van der Waals surface area contributed by atoms with Crippen molar-refractivity contribution in [3.8, 4) is 0 Å². The summed E-state index contributed by atoms with van der Waals surface area (Å²) in [6.07, 6.45) is 7.51. The topological polar surface area (TPSA) is 43.4 Å². The second-order valence-electron chi connectivity index (χ2n) is 4.32. The Labute approximate surface area is 90.5 Å². The number of carbonyl (C=O) groups is 2. The van der Waals surface area contributed by atoms with Gasteiger partial charge in [-0.1, -0.05) is 19.4 Å². The van der Waals surface area contributed by atoms with E-state index in [4.69, 9.17) is 0 Å². The van der Waals surface area contributed by atoms with Crippen LogP contribution in [0.3, 0.4) is 0 Å². The lowest BCUT2D eigenvalue weighted by molar-refractivity contribution is -0.135. The summed E-state index contributed by atoms with van der Waals surface area (Å²) in [5.74, 6) is -0.0369. The normalized spacial score (nSPS) is 26.9. The third-order valence-corrected chi connectivity index (χ3v) is 3.08. The first-order valence-corrected chi connectivity index (χ1v) is 5.36. The summed E-state index contributed by atoms with van der Waals surface area (Å²) in [5, 5.41) is 0. The summed E-state index contributed by atoms with van der Waals surface area (Å²) in [6.45, 7) is 1.98. The Morgan fingerprint density at radius 1 is 1.53 bits per heavy atom. The average molecular weight is 210 g/mol. The number of Topliss-reactive ketones (excluding diaryl/α,β-unsaturated/α-hetero) is 1. The van der Waals surface area contributed by atoms with E-state index in [-0.39, 0.29) is 11.4 Å². The van der Waals surface area contributed by atoms with Crippen LogP contribution in [0.4, 0.5) is 0 Å². The molecule has 1 fully saturated rings. The fourth-order valence-electron chi connectivity index (χ4n) is 1.94. The molecule has 15 heavy (non-hydrogen) atoms. The van der Waals surface area contributed by atoms with Crippen LogP contribution < -0.4 is 0 Å². The number of allylic oxidation sites excluding steroid dienone is 1. The minimum atomic E-state index is -0.359. The van der Waals surface area contributed by atoms with E-state index >= 15 is 0 Å². The number of hydrogen-bond acceptors (Lipinski definition) is 3. The van der Waals surface area contributed by atoms with Gasteiger partial charge in [0.25, 0.3) is 0 Å². The fraction of sp³-hybridized carbons (Fsp3) is 0.667. The van der Waals surface area contributed by atoms with Crippen molar-refractivity contribution >= 4 is 11.8 Å². The van der Waals surface area contributed by atoms with E-state index in [9.17, 15) is 9.59 Å². The highest BCUT2D eigenvalue weighted by Crippen LogP contribution is 2.36. The molecule has 3 heteroatoms. The Hall–Kier alpha value is -1.12. The molecule has 0 amide bonds. The third-order valence-electron chi connectivity index (χ3n) is 3.08. The average Bonchev–Trinajstić information content (AvgIpc) is 2.22. The van der Waals surface area contributed by atoms with Crippen molar-refractivity contribution in [2.45, 2.75) is 39.0 Å². The van der Waals surface area contributed by atoms with E-state index in [2.05, 4.69) is 4.74 Å². The van der Waals surface area contributed by atoms with Crippen LogP contribution in [0, 0.1) is 5.41 Å². The molecule has 1 atom stereocenters. The first-order chi connectivity index (χ1) is 7.08. The standard InChI is InChI=1S/C12H18O3/c1-12(8-4-3-6-10(12)13)9-5-7-11(14)15-2/h5,7H,3-4,6,8-9H2,1-2H3/b7-5+. The van der Waals surface area contributed by atoms with E-state index in [0.29, 0.717) is 18.6 Å². The summed E-state index contributed by atoms with van der Waals surface area (Å²) in [6, 6.07) is 0. The first-order valence-electron chi connectivity index (χ1n) is 5.36. The van der Waals surface area contributed by atoms with Crippen molar-refractivity contribution in [3.63, 3.8) is 0 Å². The Morgan fingerprint density at radius 3 is 2.87 bits per heavy atom. The predicted octanol–water partition coefficient (Wildman–Crippen LogP) is 2.26. The van der Waals surface area contributed by atoms with Crippen LogP contribution in [-0.4, -0.2) is 18.9 Å². The van der Waals surface area contributed by atoms with Gasteiger partial charge >= 0.3 is 5.97 Å². The molecule has 0 aromatic rings. The van der Waals surface area contributed by atoms with Gasteiger partial charge in [0.05, 0.1) is 7.11 Å². The Kier molecular flexibility index (Phi) is 4.06. The molecule has 0 aromatic carbocycles. The van der Waals surface area contributed by atoms with Crippen LogP contribution in [0.25, 0.3) is 0 Å². The van der Waals surface area contributed by atoms with E-state index in [0.717, 1.165) is 19.3 Å². The first kappa shape index (κ1) is 12.0. The Balaban J connectivity index is 2.51. The Morgan fingerprint density at radius 2 is 2.27 bits per heavy atom. The number of carbonyl (C=O) groups excluding carboxylic acids is 2. The monoisotopic (exact) mass is 210 g/mol. The van der Waals surface area contributed by atoms with Crippen LogP contribution in [-0.2, 0) is 14.3 Å². The van der Waals surface area contributed by atoms with E-state index in [1.165, 1.54) is 13.2 Å². The van der Waals surface area contributed by atoms with Crippen LogP contribution in [0.15, 0.2) is 12.2 Å². The maximum Gasteiger partial charge on any atom is 0.330 e. The lowest BCUT2D eigenvalue weighted by Crippen LogP contribution is -2.30. The van der Waals surface area contributed by atoms with Gasteiger partial charge in [0.15, 0.2) is 0 Å². The van der Waals surface area contributed by atoms with E-state index < -0.39 is 0 Å². The number of esters is 1. The summed E-state index contributed by atoms with van der Waals surface area (Å²) < 4.78 is 4.49. The van der Waals surface area contributed by atoms with Crippen LogP contribution in [0.5, 0.6) is 0 Å². The Bertz CT molecular complexity index is 281. The smallest absolute Gasteiger partial charge is 0.330 e. The molecule has 0 N–H and O–H groups in total. The van der Waals surface area contributed by atoms with Gasteiger partial charge < -0.3 is 4.74 Å². The number of ether oxygens (including phenoxy) is 1. The van der Waals surface area contributed by atoms with Gasteiger partial charge in [0, 0.05) is 17.9 Å². The van der Waals surface area contributed by atoms with Gasteiger partial charge in [-0.2, -0.15) is 0 Å². The molecule has 84 valence electrons. The molecule has 0 heterocycles. The largest absolute Gasteiger partial charge is 0.466 e. The van der Waals surface area contributed by atoms with Gasteiger partial charge in [-0.3, -0.25) is 4.79 Å². The minimum Gasteiger partial charge on any atom is -0.466 e. The highest BCUT2D eigenvalue weighted by atomic mass is 16.5. The number of methoxy groups -OCH3 is 1. The quantitative estimate of drug-likeness (QED) is 0.530. The molecule has 1 aliphatic rings. The molecule has 1 saturated carbocycles. The maximum absolute atomic E-state index is 11.7. The number of ketones is 1. The second-order valence-corrected chi connectivity index (χ2v) is 4.32. The zero-order valence-corrected chi connectivity index (χ0v) is 9.41. The molecule has 0 aliphatic heterocycles. The van der Waals surface area contributed by atoms with Crippen LogP contribution in [0.2, 0.25) is 0 Å². The zero-order valence-electron chi connectivity index (χ0n) is 9.41. The summed E-state index contributed by atoms with van der Waals surface area (Å²) in [7, 11) is 1.35. The molecule has 0 radical (unpaired) electrons. The molecule has 1 rings (SSSR count). The lowest BCUT2D eigenvalue weighted by Gasteiger charge is -2.30. The van der Waals surface area contributed by atoms with Gasteiger partial charge in [-0.05, 0) is 19.3 Å². The minimum absolute atomic E-state index is 0.261. The van der Waals surface area contributed by atoms with Crippen molar-refractivity contribution in [1.82, 2.24) is 0 Å². The van der Waals surface area contributed by atoms with Crippen molar-refractivity contribution in [2.24, 2.45) is 5.41 Å². The van der Waals surface area contributed by atoms with E-state index in [1.54, 1.807) is 6.08 Å². The predicted molar refractivity (Wildman–Crippen MR) is 57.4 cm³/mol. The van der Waals surface area contributed by atoms with Gasteiger partial charge in [0.1, 0.15) is 5.78 Å². The van der Waals surface area contributed by atoms with Gasteiger partial charge in [-0.25, -0.2) is 4.79 Å². The van der Waals surface area contributed by atoms with Crippen molar-refractivity contribution in [2.75, 3.05) is 7.11 Å². The lowest BCUT2D eigenvalue weighted by atomic mass is 9.72. The van der Waals surface area contributed by atoms with Gasteiger partial charge in [0.2, 0.25) is 0 Å². The number of rotatable bonds is 3. The van der Waals surface area contributed by atoms with Crippen molar-refractivity contribution < 1.29 is 14.3 Å². The highest BCUT2D eigenvalue weighted by molar-refractivity contribution is 5.86. The molecule has 3 nitrogen and oxygen atoms in total. The highest BCUT2D eigenvalue weighted by Gasteiger charge is 2.33. The number of hydrogen-bond donors (Lipinski definition) is 0. The van der Waals surface area contributed by atoms with Gasteiger partial charge in [-0.15, -0.1) is 0 Å². The summed E-state index contributed by atoms with van der Waals surface area (Å²) in [4.78, 5) is 22.6. The zero-order chi connectivity index (χ0) is 11.3. The molecule has 0 saturated heterocycles. The maximum atomic E-state index is 11.7. The van der Waals surface area contributed by atoms with Crippen LogP contribution in [0.1, 0.15) is 39.0 Å². The third kappa shape index (κ3) is 3.18. The molecular weight excluding hydrogens is 192 g/mol. The fourth-order valence-corrected chi connectivity index (χ4v) is 1.94. The molecule has 0 bridgehead atoms. The molecule has 1 unspecified atom stereocenters. The molecule has 1 aliphatic carbocycles.